The molecule has 0 radical (unpaired) electrons. The Bertz CT molecular complexity index is 3800. The van der Waals surface area contributed by atoms with E-state index in [1.165, 1.54) is 174 Å². The molecule has 4 fully saturated rings. The van der Waals surface area contributed by atoms with Gasteiger partial charge in [-0.3, -0.25) is 9.97 Å². The van der Waals surface area contributed by atoms with Gasteiger partial charge in [0.25, 0.3) is 0 Å². The second-order valence-corrected chi connectivity index (χ2v) is 22.1. The Labute approximate surface area is 383 Å². The minimum Gasteiger partial charge on any atom is -0.308 e. The zero-order valence-corrected chi connectivity index (χ0v) is 37.2. The summed E-state index contributed by atoms with van der Waals surface area (Å²) < 4.78 is 5.42. The van der Waals surface area contributed by atoms with Crippen LogP contribution in [-0.4, -0.2) is 18.9 Å². The summed E-state index contributed by atoms with van der Waals surface area (Å²) >= 11 is 0. The molecule has 6 aromatic carbocycles. The molecule has 8 aliphatic carbocycles. The van der Waals surface area contributed by atoms with E-state index in [4.69, 9.17) is 9.97 Å². The standard InChI is InChI=1S/C62H50N4/c1-3-10-37(11-4-1)44-16-9-17-45(38-12-5-2-6-13-38)61(44)65-48-19-8-15-39-14-7-18-46(52(39)48)55-49(65)30-47-56-50(31-63-59-42-26-33-20-34(27-42)23-40(22-33)53(56)59)66-51-32-64-60-43-28-35-21-36(29-43)25-41(24-35)54(60)57(51)58(55)62(47)66/h1-19,30-36,40-43H,20-29H2. The predicted molar refractivity (Wildman–Crippen MR) is 271 cm³/mol. The average Bonchev–Trinajstić information content (AvgIpc) is 3.73. The van der Waals surface area contributed by atoms with E-state index in [9.17, 15) is 0 Å². The predicted octanol–water partition coefficient (Wildman–Crippen LogP) is 16.0. The number of para-hydroxylation sites is 1. The molecule has 5 aromatic heterocycles. The SMILES string of the molecule is c1ccc(-c2cccc(-c3ccccc3)c2-n2c3cccc4cccc(c43)c3c4c5c6c(ncc5n5c7cnc8c(c7c(cc32)c45)C2CC3CC(CC8C3)C2)C2CC3CC(C2)CC6C3)cc1. The highest BCUT2D eigenvalue weighted by molar-refractivity contribution is 6.37. The normalized spacial score (nSPS) is 26.2. The molecule has 0 spiro atoms. The molecular weight excluding hydrogens is 801 g/mol. The fraction of sp³-hybridized carbons (Fsp3) is 0.290. The summed E-state index contributed by atoms with van der Waals surface area (Å²) in [4.78, 5) is 11.3. The first-order chi connectivity index (χ1) is 32.7. The maximum Gasteiger partial charge on any atom is 0.0728 e. The summed E-state index contributed by atoms with van der Waals surface area (Å²) in [5, 5.41) is 11.2. The van der Waals surface area contributed by atoms with Crippen LogP contribution in [0.5, 0.6) is 0 Å². The second-order valence-electron chi connectivity index (χ2n) is 22.1. The maximum absolute atomic E-state index is 5.66. The number of benzene rings is 6. The van der Waals surface area contributed by atoms with Crippen molar-refractivity contribution < 1.29 is 0 Å². The Morgan fingerprint density at radius 1 is 0.394 bits per heavy atom. The van der Waals surface area contributed by atoms with Gasteiger partial charge in [-0.2, -0.15) is 0 Å². The monoisotopic (exact) mass is 850 g/mol. The minimum atomic E-state index is 0.548. The van der Waals surface area contributed by atoms with Crippen molar-refractivity contribution in [1.29, 1.82) is 0 Å². The number of aromatic nitrogens is 4. The number of pyridine rings is 3. The topological polar surface area (TPSA) is 35.1 Å². The number of hydrogen-bond acceptors (Lipinski definition) is 2. The Morgan fingerprint density at radius 2 is 0.924 bits per heavy atom. The highest BCUT2D eigenvalue weighted by atomic mass is 15.0. The summed E-state index contributed by atoms with van der Waals surface area (Å²) in [6.07, 6.45) is 18.0. The molecule has 0 saturated heterocycles. The lowest BCUT2D eigenvalue weighted by Gasteiger charge is -2.38. The fourth-order valence-electron chi connectivity index (χ4n) is 16.8. The van der Waals surface area contributed by atoms with Crippen molar-refractivity contribution in [2.75, 3.05) is 0 Å². The Hall–Kier alpha value is -6.52. The van der Waals surface area contributed by atoms with Crippen molar-refractivity contribution in [2.45, 2.75) is 87.9 Å². The van der Waals surface area contributed by atoms with Gasteiger partial charge in [-0.25, -0.2) is 0 Å². The molecule has 19 rings (SSSR count). The quantitative estimate of drug-likeness (QED) is 0.131. The molecule has 4 heteroatoms. The molecule has 0 amide bonds. The van der Waals surface area contributed by atoms with Gasteiger partial charge in [-0.05, 0) is 145 Å². The van der Waals surface area contributed by atoms with Crippen LogP contribution < -0.4 is 0 Å². The smallest absolute Gasteiger partial charge is 0.0728 e. The number of hydrogen-bond donors (Lipinski definition) is 0. The van der Waals surface area contributed by atoms with Crippen LogP contribution in [0.1, 0.15) is 110 Å². The van der Waals surface area contributed by atoms with Crippen LogP contribution in [0.25, 0.3) is 98.6 Å². The van der Waals surface area contributed by atoms with E-state index in [1.807, 2.05) is 0 Å². The molecule has 0 N–H and O–H groups in total. The molecule has 4 nitrogen and oxygen atoms in total. The lowest BCUT2D eigenvalue weighted by molar-refractivity contribution is 0.165. The zero-order valence-electron chi connectivity index (χ0n) is 37.2. The van der Waals surface area contributed by atoms with Gasteiger partial charge >= 0.3 is 0 Å². The van der Waals surface area contributed by atoms with Gasteiger partial charge in [0.15, 0.2) is 0 Å². The minimum absolute atomic E-state index is 0.548. The van der Waals surface area contributed by atoms with E-state index in [-0.39, 0.29) is 0 Å². The van der Waals surface area contributed by atoms with Crippen molar-refractivity contribution in [3.63, 3.8) is 0 Å². The van der Waals surface area contributed by atoms with E-state index in [1.54, 1.807) is 11.1 Å². The van der Waals surface area contributed by atoms with Crippen LogP contribution in [0.15, 0.2) is 134 Å². The van der Waals surface area contributed by atoms with Crippen LogP contribution in [-0.2, 0) is 0 Å². The molecule has 318 valence electrons. The number of fused-ring (bicyclic) bond motifs is 9. The van der Waals surface area contributed by atoms with E-state index in [0.717, 1.165) is 23.7 Å². The lowest BCUT2D eigenvalue weighted by Crippen LogP contribution is -2.25. The van der Waals surface area contributed by atoms with Crippen molar-refractivity contribution in [1.82, 2.24) is 18.9 Å². The van der Waals surface area contributed by atoms with Gasteiger partial charge in [-0.1, -0.05) is 109 Å². The molecule has 66 heavy (non-hydrogen) atoms. The molecule has 4 saturated carbocycles. The van der Waals surface area contributed by atoms with Gasteiger partial charge in [0.05, 0.1) is 45.7 Å². The highest BCUT2D eigenvalue weighted by Gasteiger charge is 2.46. The molecule has 4 atom stereocenters. The summed E-state index contributed by atoms with van der Waals surface area (Å²) in [7, 11) is 0. The number of nitrogens with zero attached hydrogens (tertiary/aromatic N) is 4. The number of rotatable bonds is 3. The average molecular weight is 851 g/mol. The van der Waals surface area contributed by atoms with Crippen molar-refractivity contribution >= 4 is 70.7 Å². The van der Waals surface area contributed by atoms with Crippen molar-refractivity contribution in [3.05, 3.63) is 156 Å². The largest absolute Gasteiger partial charge is 0.308 e. The lowest BCUT2D eigenvalue weighted by atomic mass is 9.67. The summed E-state index contributed by atoms with van der Waals surface area (Å²) in [6.45, 7) is 0. The van der Waals surface area contributed by atoms with Gasteiger partial charge in [-0.15, -0.1) is 0 Å². The molecule has 4 unspecified atom stereocenters. The second kappa shape index (κ2) is 12.7. The first kappa shape index (κ1) is 35.7. The van der Waals surface area contributed by atoms with Gasteiger partial charge in [0, 0.05) is 66.7 Å². The van der Waals surface area contributed by atoms with Gasteiger partial charge < -0.3 is 8.97 Å². The Morgan fingerprint density at radius 3 is 1.53 bits per heavy atom. The molecule has 0 aliphatic heterocycles. The van der Waals surface area contributed by atoms with E-state index in [2.05, 4.69) is 143 Å². The Balaban J connectivity index is 1.14. The first-order valence-electron chi connectivity index (χ1n) is 25.3. The first-order valence-corrected chi connectivity index (χ1v) is 25.3. The maximum atomic E-state index is 5.66. The van der Waals surface area contributed by atoms with Crippen LogP contribution in [0.2, 0.25) is 0 Å². The van der Waals surface area contributed by atoms with E-state index in [0.29, 0.717) is 23.7 Å². The molecule has 11 aromatic rings. The fourth-order valence-corrected chi connectivity index (χ4v) is 16.8. The Kier molecular flexibility index (Phi) is 6.86. The van der Waals surface area contributed by atoms with Gasteiger partial charge in [0.1, 0.15) is 0 Å². The summed E-state index contributed by atoms with van der Waals surface area (Å²) in [5.41, 5.74) is 18.8. The van der Waals surface area contributed by atoms with Crippen LogP contribution in [0.3, 0.4) is 0 Å². The van der Waals surface area contributed by atoms with E-state index >= 15 is 0 Å². The zero-order chi connectivity index (χ0) is 42.5. The molecular formula is C62H50N4. The van der Waals surface area contributed by atoms with Crippen LogP contribution in [0.4, 0.5) is 0 Å². The third-order valence-corrected chi connectivity index (χ3v) is 18.7. The molecule has 5 heterocycles. The van der Waals surface area contributed by atoms with Gasteiger partial charge in [0.2, 0.25) is 0 Å². The van der Waals surface area contributed by atoms with Crippen LogP contribution >= 0.6 is 0 Å². The van der Waals surface area contributed by atoms with Crippen molar-refractivity contribution in [3.8, 4) is 27.9 Å². The van der Waals surface area contributed by atoms with E-state index < -0.39 is 0 Å². The summed E-state index contributed by atoms with van der Waals surface area (Å²) in [6, 6.07) is 46.1. The highest BCUT2D eigenvalue weighted by Crippen LogP contribution is 2.61. The van der Waals surface area contributed by atoms with Crippen LogP contribution in [0, 0.1) is 23.7 Å². The molecule has 8 bridgehead atoms. The van der Waals surface area contributed by atoms with Crippen molar-refractivity contribution in [2.24, 2.45) is 23.7 Å². The molecule has 8 aliphatic rings. The summed E-state index contributed by atoms with van der Waals surface area (Å²) in [5.74, 6) is 5.52. The third kappa shape index (κ3) is 4.52. The third-order valence-electron chi connectivity index (χ3n) is 18.7.